The van der Waals surface area contributed by atoms with Crippen molar-refractivity contribution in [1.82, 2.24) is 0 Å². The second kappa shape index (κ2) is 6.19. The quantitative estimate of drug-likeness (QED) is 0.540. The van der Waals surface area contributed by atoms with Crippen LogP contribution in [0.1, 0.15) is 41.5 Å². The van der Waals surface area contributed by atoms with E-state index >= 15 is 0 Å². The van der Waals surface area contributed by atoms with E-state index in [-0.39, 0.29) is 24.6 Å². The highest BCUT2D eigenvalue weighted by atomic mass is 16.7. The van der Waals surface area contributed by atoms with Gasteiger partial charge in [0, 0.05) is 13.2 Å². The van der Waals surface area contributed by atoms with Gasteiger partial charge in [-0.2, -0.15) is 0 Å². The molecule has 1 aliphatic rings. The van der Waals surface area contributed by atoms with Crippen LogP contribution >= 0.6 is 0 Å². The Morgan fingerprint density at radius 3 is 1.83 bits per heavy atom. The molecule has 0 aromatic rings. The van der Waals surface area contributed by atoms with E-state index in [2.05, 4.69) is 0 Å². The van der Waals surface area contributed by atoms with Gasteiger partial charge in [-0.3, -0.25) is 0 Å². The molecule has 18 heavy (non-hydrogen) atoms. The second-order valence-electron chi connectivity index (χ2n) is 5.29. The van der Waals surface area contributed by atoms with Gasteiger partial charge in [-0.05, 0) is 47.6 Å². The topological polar surface area (TPSA) is 36.9 Å². The molecule has 0 N–H and O–H groups in total. The van der Waals surface area contributed by atoms with Gasteiger partial charge < -0.3 is 18.8 Å². The lowest BCUT2D eigenvalue weighted by molar-refractivity contribution is -0.103. The van der Waals surface area contributed by atoms with E-state index < -0.39 is 0 Å². The molecule has 0 bridgehead atoms. The van der Waals surface area contributed by atoms with Gasteiger partial charge in [-0.25, -0.2) is 0 Å². The maximum absolute atomic E-state index is 5.85. The number of hydrogen-bond acceptors (Lipinski definition) is 4. The predicted octanol–water partition coefficient (Wildman–Crippen LogP) is 2.57. The Hall–Kier alpha value is -0.355. The SMILES string of the molecule is CCOC(/C=C/B1OC(C)(C)C(C)(C)O1)OCC. The molecule has 0 radical (unpaired) electrons. The lowest BCUT2D eigenvalue weighted by Gasteiger charge is -2.32. The maximum atomic E-state index is 5.85. The largest absolute Gasteiger partial charge is 0.486 e. The molecule has 1 heterocycles. The van der Waals surface area contributed by atoms with E-state index in [1.807, 2.05) is 53.6 Å². The fourth-order valence-corrected chi connectivity index (χ4v) is 1.64. The number of ether oxygens (including phenoxy) is 2. The number of rotatable bonds is 6. The van der Waals surface area contributed by atoms with Crippen molar-refractivity contribution in [3.63, 3.8) is 0 Å². The Morgan fingerprint density at radius 2 is 1.44 bits per heavy atom. The van der Waals surface area contributed by atoms with Crippen LogP contribution in [0.25, 0.3) is 0 Å². The molecule has 1 aliphatic heterocycles. The normalized spacial score (nSPS) is 22.3. The minimum absolute atomic E-state index is 0.311. The monoisotopic (exact) mass is 256 g/mol. The molecule has 0 aromatic heterocycles. The van der Waals surface area contributed by atoms with E-state index in [0.29, 0.717) is 13.2 Å². The van der Waals surface area contributed by atoms with Crippen molar-refractivity contribution in [3.05, 3.63) is 12.1 Å². The Labute approximate surface area is 111 Å². The Kier molecular flexibility index (Phi) is 5.40. The minimum Gasteiger partial charge on any atom is -0.400 e. The summed E-state index contributed by atoms with van der Waals surface area (Å²) < 4.78 is 22.6. The second-order valence-corrected chi connectivity index (χ2v) is 5.29. The summed E-state index contributed by atoms with van der Waals surface area (Å²) in [6.07, 6.45) is 1.51. The molecule has 0 aliphatic carbocycles. The highest BCUT2D eigenvalue weighted by Crippen LogP contribution is 2.36. The standard InChI is InChI=1S/C13H25BO4/c1-7-15-11(16-8-2)9-10-14-17-12(3,4)13(5,6)18-14/h9-11H,7-8H2,1-6H3/b10-9+. The van der Waals surface area contributed by atoms with Crippen LogP contribution in [0.2, 0.25) is 0 Å². The summed E-state index contributed by atoms with van der Waals surface area (Å²) in [6.45, 7) is 13.2. The molecule has 1 saturated heterocycles. The van der Waals surface area contributed by atoms with Gasteiger partial charge in [-0.15, -0.1) is 0 Å². The molecule has 0 spiro atoms. The Balaban J connectivity index is 2.57. The van der Waals surface area contributed by atoms with Crippen LogP contribution in [0.4, 0.5) is 0 Å². The summed E-state index contributed by atoms with van der Waals surface area (Å²) in [7, 11) is -0.349. The fourth-order valence-electron chi connectivity index (χ4n) is 1.64. The molecule has 0 amide bonds. The van der Waals surface area contributed by atoms with Crippen LogP contribution in [0.3, 0.4) is 0 Å². The summed E-state index contributed by atoms with van der Waals surface area (Å²) in [5, 5.41) is 0. The van der Waals surface area contributed by atoms with Crippen LogP contribution < -0.4 is 0 Å². The molecule has 5 heteroatoms. The van der Waals surface area contributed by atoms with Crippen LogP contribution in [-0.4, -0.2) is 37.8 Å². The highest BCUT2D eigenvalue weighted by Gasteiger charge is 2.50. The first-order chi connectivity index (χ1) is 8.32. The third-order valence-electron chi connectivity index (χ3n) is 3.36. The van der Waals surface area contributed by atoms with E-state index in [1.54, 1.807) is 0 Å². The van der Waals surface area contributed by atoms with Crippen LogP contribution in [0, 0.1) is 0 Å². The molecular formula is C13H25BO4. The van der Waals surface area contributed by atoms with E-state index in [0.717, 1.165) is 0 Å². The third kappa shape index (κ3) is 3.82. The maximum Gasteiger partial charge on any atom is 0.486 e. The van der Waals surface area contributed by atoms with Gasteiger partial charge in [0.1, 0.15) is 0 Å². The summed E-state index contributed by atoms with van der Waals surface area (Å²) in [6, 6.07) is 0. The van der Waals surface area contributed by atoms with Crippen molar-refractivity contribution >= 4 is 7.12 Å². The molecular weight excluding hydrogens is 231 g/mol. The van der Waals surface area contributed by atoms with Crippen LogP contribution in [-0.2, 0) is 18.8 Å². The van der Waals surface area contributed by atoms with Gasteiger partial charge in [-0.1, -0.05) is 5.98 Å². The van der Waals surface area contributed by atoms with Crippen molar-refractivity contribution in [2.45, 2.75) is 59.0 Å². The summed E-state index contributed by atoms with van der Waals surface area (Å²) in [5.41, 5.74) is -0.622. The molecule has 0 aromatic carbocycles. The van der Waals surface area contributed by atoms with Crippen molar-refractivity contribution < 1.29 is 18.8 Å². The summed E-state index contributed by atoms with van der Waals surface area (Å²) >= 11 is 0. The third-order valence-corrected chi connectivity index (χ3v) is 3.36. The zero-order valence-corrected chi connectivity index (χ0v) is 12.4. The van der Waals surface area contributed by atoms with Crippen molar-refractivity contribution in [3.8, 4) is 0 Å². The van der Waals surface area contributed by atoms with Gasteiger partial charge in [0.2, 0.25) is 0 Å². The van der Waals surface area contributed by atoms with E-state index in [9.17, 15) is 0 Å². The fraction of sp³-hybridized carbons (Fsp3) is 0.846. The highest BCUT2D eigenvalue weighted by molar-refractivity contribution is 6.51. The predicted molar refractivity (Wildman–Crippen MR) is 72.3 cm³/mol. The summed E-state index contributed by atoms with van der Waals surface area (Å²) in [4.78, 5) is 0. The van der Waals surface area contributed by atoms with Gasteiger partial charge in [0.15, 0.2) is 6.29 Å². The van der Waals surface area contributed by atoms with Gasteiger partial charge in [0.25, 0.3) is 0 Å². The average Bonchev–Trinajstić information content (AvgIpc) is 2.45. The first-order valence-electron chi connectivity index (χ1n) is 6.59. The number of hydrogen-bond donors (Lipinski definition) is 0. The Morgan fingerprint density at radius 1 is 1.00 bits per heavy atom. The lowest BCUT2D eigenvalue weighted by Crippen LogP contribution is -2.41. The first-order valence-corrected chi connectivity index (χ1v) is 6.59. The van der Waals surface area contributed by atoms with Gasteiger partial charge in [0.05, 0.1) is 11.2 Å². The molecule has 4 nitrogen and oxygen atoms in total. The Bertz CT molecular complexity index is 267. The van der Waals surface area contributed by atoms with Crippen LogP contribution in [0.15, 0.2) is 12.1 Å². The molecule has 1 fully saturated rings. The molecule has 0 atom stereocenters. The zero-order chi connectivity index (χ0) is 13.8. The van der Waals surface area contributed by atoms with Crippen molar-refractivity contribution in [1.29, 1.82) is 0 Å². The van der Waals surface area contributed by atoms with Crippen LogP contribution in [0.5, 0.6) is 0 Å². The average molecular weight is 256 g/mol. The lowest BCUT2D eigenvalue weighted by atomic mass is 9.90. The minimum atomic E-state index is -0.349. The molecule has 0 saturated carbocycles. The first kappa shape index (κ1) is 15.7. The molecule has 1 rings (SSSR count). The smallest absolute Gasteiger partial charge is 0.400 e. The van der Waals surface area contributed by atoms with Crippen molar-refractivity contribution in [2.75, 3.05) is 13.2 Å². The van der Waals surface area contributed by atoms with E-state index in [4.69, 9.17) is 18.8 Å². The zero-order valence-electron chi connectivity index (χ0n) is 12.4. The van der Waals surface area contributed by atoms with E-state index in [1.165, 1.54) is 0 Å². The molecule has 104 valence electrons. The summed E-state index contributed by atoms with van der Waals surface area (Å²) in [5.74, 6) is 1.85. The van der Waals surface area contributed by atoms with Crippen molar-refractivity contribution in [2.24, 2.45) is 0 Å². The van der Waals surface area contributed by atoms with Gasteiger partial charge >= 0.3 is 7.12 Å². The molecule has 0 unspecified atom stereocenters.